The van der Waals surface area contributed by atoms with Crippen molar-refractivity contribution in [3.63, 3.8) is 0 Å². The molecule has 3 heteroatoms. The number of hydrogen-bond acceptors (Lipinski definition) is 2. The number of aliphatic hydroxyl groups excluding tert-OH is 1. The van der Waals surface area contributed by atoms with Gasteiger partial charge >= 0.3 is 0 Å². The zero-order valence-electron chi connectivity index (χ0n) is 10.5. The molecule has 1 N–H and O–H groups in total. The number of rotatable bonds is 8. The van der Waals surface area contributed by atoms with E-state index in [1.165, 1.54) is 38.5 Å². The average molecular weight is 224 g/mol. The van der Waals surface area contributed by atoms with Crippen LogP contribution in [0.2, 0.25) is 0 Å². The molecule has 0 aromatic carbocycles. The van der Waals surface area contributed by atoms with Crippen LogP contribution < -0.4 is 0 Å². The van der Waals surface area contributed by atoms with Crippen LogP contribution in [-0.2, 0) is 6.54 Å². The molecule has 0 aliphatic carbocycles. The minimum absolute atomic E-state index is 0.453. The van der Waals surface area contributed by atoms with Gasteiger partial charge < -0.3 is 9.67 Å². The van der Waals surface area contributed by atoms with Gasteiger partial charge in [-0.3, -0.25) is 0 Å². The van der Waals surface area contributed by atoms with E-state index in [1.54, 1.807) is 6.92 Å². The topological polar surface area (TPSA) is 38.0 Å². The molecule has 1 aromatic rings. The maximum Gasteiger partial charge on any atom is 0.0950 e. The molecule has 3 nitrogen and oxygen atoms in total. The molecule has 92 valence electrons. The van der Waals surface area contributed by atoms with E-state index in [1.807, 2.05) is 12.5 Å². The zero-order chi connectivity index (χ0) is 11.8. The number of aliphatic hydroxyl groups is 1. The first-order valence-corrected chi connectivity index (χ1v) is 6.43. The van der Waals surface area contributed by atoms with Crippen molar-refractivity contribution >= 4 is 0 Å². The Labute approximate surface area is 98.5 Å². The van der Waals surface area contributed by atoms with Gasteiger partial charge in [-0.25, -0.2) is 4.98 Å². The maximum absolute atomic E-state index is 9.33. The van der Waals surface area contributed by atoms with Crippen molar-refractivity contribution in [3.8, 4) is 0 Å². The quantitative estimate of drug-likeness (QED) is 0.688. The fourth-order valence-electron chi connectivity index (χ4n) is 1.79. The highest BCUT2D eigenvalue weighted by Gasteiger charge is 2.03. The molecule has 0 aliphatic heterocycles. The summed E-state index contributed by atoms with van der Waals surface area (Å²) in [6, 6.07) is 0. The van der Waals surface area contributed by atoms with E-state index in [2.05, 4.69) is 16.5 Å². The lowest BCUT2D eigenvalue weighted by atomic mass is 10.1. The summed E-state index contributed by atoms with van der Waals surface area (Å²) in [5, 5.41) is 9.33. The van der Waals surface area contributed by atoms with Gasteiger partial charge in [0.2, 0.25) is 0 Å². The summed E-state index contributed by atoms with van der Waals surface area (Å²) in [5.41, 5.74) is 0.769. The molecule has 1 aromatic heterocycles. The van der Waals surface area contributed by atoms with E-state index in [0.717, 1.165) is 12.2 Å². The zero-order valence-corrected chi connectivity index (χ0v) is 10.5. The summed E-state index contributed by atoms with van der Waals surface area (Å²) in [7, 11) is 0. The summed E-state index contributed by atoms with van der Waals surface area (Å²) in [5.74, 6) is 0. The van der Waals surface area contributed by atoms with Gasteiger partial charge in [0.15, 0.2) is 0 Å². The monoisotopic (exact) mass is 224 g/mol. The minimum atomic E-state index is -0.453. The van der Waals surface area contributed by atoms with Crippen LogP contribution >= 0.6 is 0 Å². The molecule has 0 saturated carbocycles. The van der Waals surface area contributed by atoms with Crippen LogP contribution in [0.25, 0.3) is 0 Å². The van der Waals surface area contributed by atoms with Crippen LogP contribution in [-0.4, -0.2) is 14.7 Å². The highest BCUT2D eigenvalue weighted by atomic mass is 16.3. The first kappa shape index (κ1) is 13.2. The SMILES string of the molecule is CCCCCCCCn1cnc(C(C)O)c1. The second-order valence-electron chi connectivity index (χ2n) is 4.48. The van der Waals surface area contributed by atoms with Gasteiger partial charge in [-0.15, -0.1) is 0 Å². The van der Waals surface area contributed by atoms with E-state index in [-0.39, 0.29) is 0 Å². The average Bonchev–Trinajstić information content (AvgIpc) is 2.72. The van der Waals surface area contributed by atoms with Gasteiger partial charge in [0.25, 0.3) is 0 Å². The number of hydrogen-bond donors (Lipinski definition) is 1. The Balaban J connectivity index is 2.12. The first-order valence-electron chi connectivity index (χ1n) is 6.43. The molecule has 1 atom stereocenters. The summed E-state index contributed by atoms with van der Waals surface area (Å²) in [4.78, 5) is 4.16. The molecule has 0 radical (unpaired) electrons. The number of aryl methyl sites for hydroxylation is 1. The van der Waals surface area contributed by atoms with Crippen LogP contribution in [0.4, 0.5) is 0 Å². The Bertz CT molecular complexity index is 281. The van der Waals surface area contributed by atoms with Crippen molar-refractivity contribution < 1.29 is 5.11 Å². The Morgan fingerprint density at radius 1 is 1.25 bits per heavy atom. The second-order valence-corrected chi connectivity index (χ2v) is 4.48. The fourth-order valence-corrected chi connectivity index (χ4v) is 1.79. The third-order valence-corrected chi connectivity index (χ3v) is 2.85. The Hall–Kier alpha value is -0.830. The van der Waals surface area contributed by atoms with Crippen LogP contribution in [0.15, 0.2) is 12.5 Å². The molecule has 0 bridgehead atoms. The predicted molar refractivity (Wildman–Crippen MR) is 66.2 cm³/mol. The normalized spacial score (nSPS) is 12.9. The molecule has 16 heavy (non-hydrogen) atoms. The number of nitrogens with zero attached hydrogens (tertiary/aromatic N) is 2. The Morgan fingerprint density at radius 3 is 2.56 bits per heavy atom. The lowest BCUT2D eigenvalue weighted by molar-refractivity contribution is 0.194. The highest BCUT2D eigenvalue weighted by molar-refractivity contribution is 4.99. The van der Waals surface area contributed by atoms with Gasteiger partial charge in [-0.1, -0.05) is 39.0 Å². The van der Waals surface area contributed by atoms with Crippen molar-refractivity contribution in [1.29, 1.82) is 0 Å². The second kappa shape index (κ2) is 7.44. The van der Waals surface area contributed by atoms with Crippen LogP contribution in [0.5, 0.6) is 0 Å². The van der Waals surface area contributed by atoms with E-state index in [4.69, 9.17) is 0 Å². The van der Waals surface area contributed by atoms with Gasteiger partial charge in [0.1, 0.15) is 0 Å². The predicted octanol–water partition coefficient (Wildman–Crippen LogP) is 3.30. The van der Waals surface area contributed by atoms with Crippen LogP contribution in [0, 0.1) is 0 Å². The summed E-state index contributed by atoms with van der Waals surface area (Å²) < 4.78 is 2.07. The lowest BCUT2D eigenvalue weighted by Crippen LogP contribution is -1.95. The highest BCUT2D eigenvalue weighted by Crippen LogP contribution is 2.10. The molecule has 0 aliphatic rings. The van der Waals surface area contributed by atoms with Gasteiger partial charge in [0, 0.05) is 12.7 Å². The molecule has 1 rings (SSSR count). The lowest BCUT2D eigenvalue weighted by Gasteiger charge is -2.02. The Morgan fingerprint density at radius 2 is 1.94 bits per heavy atom. The van der Waals surface area contributed by atoms with Crippen molar-refractivity contribution in [2.45, 2.75) is 65.0 Å². The van der Waals surface area contributed by atoms with E-state index in [9.17, 15) is 5.11 Å². The molecule has 0 saturated heterocycles. The van der Waals surface area contributed by atoms with Crippen molar-refractivity contribution in [1.82, 2.24) is 9.55 Å². The molecule has 0 fully saturated rings. The smallest absolute Gasteiger partial charge is 0.0950 e. The van der Waals surface area contributed by atoms with Crippen molar-refractivity contribution in [3.05, 3.63) is 18.2 Å². The Kier molecular flexibility index (Phi) is 6.16. The molecule has 0 spiro atoms. The third kappa shape index (κ3) is 4.79. The number of unbranched alkanes of at least 4 members (excludes halogenated alkanes) is 5. The van der Waals surface area contributed by atoms with Crippen molar-refractivity contribution in [2.24, 2.45) is 0 Å². The largest absolute Gasteiger partial charge is 0.387 e. The number of imidazole rings is 1. The van der Waals surface area contributed by atoms with E-state index < -0.39 is 6.10 Å². The summed E-state index contributed by atoms with van der Waals surface area (Å²) in [6.07, 6.45) is 11.2. The summed E-state index contributed by atoms with van der Waals surface area (Å²) >= 11 is 0. The molecule has 0 amide bonds. The number of aromatic nitrogens is 2. The van der Waals surface area contributed by atoms with Gasteiger partial charge in [0.05, 0.1) is 18.1 Å². The van der Waals surface area contributed by atoms with E-state index in [0.29, 0.717) is 0 Å². The maximum atomic E-state index is 9.33. The van der Waals surface area contributed by atoms with Gasteiger partial charge in [-0.2, -0.15) is 0 Å². The van der Waals surface area contributed by atoms with Crippen molar-refractivity contribution in [2.75, 3.05) is 0 Å². The molecule has 1 heterocycles. The van der Waals surface area contributed by atoms with E-state index >= 15 is 0 Å². The minimum Gasteiger partial charge on any atom is -0.387 e. The standard InChI is InChI=1S/C13H24N2O/c1-3-4-5-6-7-8-9-15-10-13(12(2)16)14-11-15/h10-12,16H,3-9H2,1-2H3. The molecular weight excluding hydrogens is 200 g/mol. The summed E-state index contributed by atoms with van der Waals surface area (Å²) in [6.45, 7) is 5.01. The first-order chi connectivity index (χ1) is 7.74. The third-order valence-electron chi connectivity index (χ3n) is 2.85. The molecular formula is C13H24N2O. The van der Waals surface area contributed by atoms with Crippen LogP contribution in [0.1, 0.15) is 64.2 Å². The van der Waals surface area contributed by atoms with Gasteiger partial charge in [-0.05, 0) is 13.3 Å². The molecule has 1 unspecified atom stereocenters. The van der Waals surface area contributed by atoms with Crippen LogP contribution in [0.3, 0.4) is 0 Å². The fraction of sp³-hybridized carbons (Fsp3) is 0.769.